The van der Waals surface area contributed by atoms with Gasteiger partial charge in [-0.15, -0.1) is 0 Å². The van der Waals surface area contributed by atoms with Gasteiger partial charge < -0.3 is 4.42 Å². The summed E-state index contributed by atoms with van der Waals surface area (Å²) in [5.41, 5.74) is 2.09. The molecule has 0 spiro atoms. The van der Waals surface area contributed by atoms with Gasteiger partial charge in [0.25, 0.3) is 5.56 Å². The SMILES string of the molecule is Cc1ncn(Cc2nc3cc(F)ccc3o2)c(=O)c1C. The Kier molecular flexibility index (Phi) is 2.85. The summed E-state index contributed by atoms with van der Waals surface area (Å²) < 4.78 is 20.0. The first-order chi connectivity index (χ1) is 9.54. The first-order valence-corrected chi connectivity index (χ1v) is 6.12. The normalized spacial score (nSPS) is 11.2. The first-order valence-electron chi connectivity index (χ1n) is 6.12. The fourth-order valence-corrected chi connectivity index (χ4v) is 1.95. The molecule has 2 aromatic heterocycles. The van der Waals surface area contributed by atoms with Gasteiger partial charge in [0, 0.05) is 17.3 Å². The molecule has 0 fully saturated rings. The van der Waals surface area contributed by atoms with Gasteiger partial charge in [-0.2, -0.15) is 0 Å². The number of hydrogen-bond acceptors (Lipinski definition) is 4. The molecule has 20 heavy (non-hydrogen) atoms. The fraction of sp³-hybridized carbons (Fsp3) is 0.214. The summed E-state index contributed by atoms with van der Waals surface area (Å²) in [6.45, 7) is 3.68. The van der Waals surface area contributed by atoms with Crippen molar-refractivity contribution < 1.29 is 8.81 Å². The van der Waals surface area contributed by atoms with Crippen LogP contribution in [0.3, 0.4) is 0 Å². The van der Waals surface area contributed by atoms with Crippen molar-refractivity contribution in [3.63, 3.8) is 0 Å². The topological polar surface area (TPSA) is 60.9 Å². The Morgan fingerprint density at radius 3 is 2.95 bits per heavy atom. The molecule has 0 amide bonds. The molecule has 0 atom stereocenters. The number of fused-ring (bicyclic) bond motifs is 1. The van der Waals surface area contributed by atoms with E-state index in [4.69, 9.17) is 4.42 Å². The van der Waals surface area contributed by atoms with Gasteiger partial charge in [-0.25, -0.2) is 14.4 Å². The van der Waals surface area contributed by atoms with Crippen LogP contribution >= 0.6 is 0 Å². The van der Waals surface area contributed by atoms with Gasteiger partial charge >= 0.3 is 0 Å². The van der Waals surface area contributed by atoms with Crippen molar-refractivity contribution in [2.75, 3.05) is 0 Å². The van der Waals surface area contributed by atoms with Gasteiger partial charge in [0.2, 0.25) is 5.89 Å². The second-order valence-electron chi connectivity index (χ2n) is 4.61. The lowest BCUT2D eigenvalue weighted by Crippen LogP contribution is -2.24. The van der Waals surface area contributed by atoms with E-state index in [-0.39, 0.29) is 17.9 Å². The van der Waals surface area contributed by atoms with Crippen LogP contribution in [-0.2, 0) is 6.54 Å². The highest BCUT2D eigenvalue weighted by atomic mass is 19.1. The molecule has 0 radical (unpaired) electrons. The molecule has 3 rings (SSSR count). The smallest absolute Gasteiger partial charge is 0.256 e. The van der Waals surface area contributed by atoms with Crippen molar-refractivity contribution in [2.45, 2.75) is 20.4 Å². The molecule has 0 unspecified atom stereocenters. The highest BCUT2D eigenvalue weighted by Crippen LogP contribution is 2.16. The van der Waals surface area contributed by atoms with E-state index in [1.807, 2.05) is 0 Å². The van der Waals surface area contributed by atoms with Crippen LogP contribution in [0.25, 0.3) is 11.1 Å². The summed E-state index contributed by atoms with van der Waals surface area (Å²) in [6, 6.07) is 4.12. The quantitative estimate of drug-likeness (QED) is 0.718. The number of aryl methyl sites for hydroxylation is 1. The summed E-state index contributed by atoms with van der Waals surface area (Å²) in [5, 5.41) is 0. The summed E-state index contributed by atoms with van der Waals surface area (Å²) in [5.74, 6) is -0.0277. The monoisotopic (exact) mass is 273 g/mol. The molecule has 6 heteroatoms. The zero-order chi connectivity index (χ0) is 14.3. The van der Waals surface area contributed by atoms with Gasteiger partial charge in [-0.3, -0.25) is 9.36 Å². The molecule has 0 bridgehead atoms. The molecule has 0 aliphatic rings. The second kappa shape index (κ2) is 4.56. The van der Waals surface area contributed by atoms with Crippen molar-refractivity contribution >= 4 is 11.1 Å². The van der Waals surface area contributed by atoms with Crippen molar-refractivity contribution in [3.8, 4) is 0 Å². The number of hydrogen-bond donors (Lipinski definition) is 0. The average Bonchev–Trinajstić information content (AvgIpc) is 2.81. The maximum atomic E-state index is 13.1. The predicted octanol–water partition coefficient (Wildman–Crippen LogP) is 2.19. The number of nitrogens with zero attached hydrogens (tertiary/aromatic N) is 3. The van der Waals surface area contributed by atoms with Crippen LogP contribution in [0.15, 0.2) is 33.7 Å². The second-order valence-corrected chi connectivity index (χ2v) is 4.61. The molecule has 0 saturated carbocycles. The Balaban J connectivity index is 2.01. The summed E-state index contributed by atoms with van der Waals surface area (Å²) in [7, 11) is 0. The van der Waals surface area contributed by atoms with Gasteiger partial charge in [0.15, 0.2) is 5.58 Å². The lowest BCUT2D eigenvalue weighted by atomic mass is 10.3. The molecular weight excluding hydrogens is 261 g/mol. The molecule has 1 aromatic carbocycles. The van der Waals surface area contributed by atoms with E-state index in [0.717, 1.165) is 0 Å². The van der Waals surface area contributed by atoms with Gasteiger partial charge in [0.1, 0.15) is 17.9 Å². The van der Waals surface area contributed by atoms with E-state index in [9.17, 15) is 9.18 Å². The van der Waals surface area contributed by atoms with Crippen LogP contribution in [-0.4, -0.2) is 14.5 Å². The van der Waals surface area contributed by atoms with Crippen LogP contribution in [0.1, 0.15) is 17.1 Å². The highest BCUT2D eigenvalue weighted by molar-refractivity contribution is 5.72. The Labute approximate surface area is 113 Å². The molecule has 5 nitrogen and oxygen atoms in total. The number of oxazole rings is 1. The van der Waals surface area contributed by atoms with Gasteiger partial charge in [0.05, 0.1) is 6.33 Å². The minimum atomic E-state index is -0.373. The Morgan fingerprint density at radius 2 is 2.15 bits per heavy atom. The van der Waals surface area contributed by atoms with Crippen LogP contribution in [0.4, 0.5) is 4.39 Å². The molecule has 0 aliphatic carbocycles. The maximum Gasteiger partial charge on any atom is 0.256 e. The average molecular weight is 273 g/mol. The van der Waals surface area contributed by atoms with E-state index in [1.54, 1.807) is 13.8 Å². The number of benzene rings is 1. The third-order valence-electron chi connectivity index (χ3n) is 3.21. The van der Waals surface area contributed by atoms with E-state index < -0.39 is 0 Å². The van der Waals surface area contributed by atoms with Crippen LogP contribution < -0.4 is 5.56 Å². The molecule has 102 valence electrons. The highest BCUT2D eigenvalue weighted by Gasteiger charge is 2.10. The predicted molar refractivity (Wildman–Crippen MR) is 71.0 cm³/mol. The Hall–Kier alpha value is -2.50. The zero-order valence-corrected chi connectivity index (χ0v) is 11.1. The Bertz CT molecular complexity index is 851. The summed E-state index contributed by atoms with van der Waals surface area (Å²) in [6.07, 6.45) is 1.46. The van der Waals surface area contributed by atoms with Crippen LogP contribution in [0, 0.1) is 19.7 Å². The zero-order valence-electron chi connectivity index (χ0n) is 11.1. The molecule has 0 N–H and O–H groups in total. The van der Waals surface area contributed by atoms with E-state index in [0.29, 0.717) is 28.2 Å². The molecule has 0 saturated heterocycles. The fourth-order valence-electron chi connectivity index (χ4n) is 1.95. The van der Waals surface area contributed by atoms with Crippen molar-refractivity contribution in [1.29, 1.82) is 0 Å². The largest absolute Gasteiger partial charge is 0.439 e. The van der Waals surface area contributed by atoms with Crippen molar-refractivity contribution in [3.05, 3.63) is 57.8 Å². The molecule has 3 aromatic rings. The van der Waals surface area contributed by atoms with Gasteiger partial charge in [-0.1, -0.05) is 0 Å². The minimum Gasteiger partial charge on any atom is -0.439 e. The molecular formula is C14H12FN3O2. The number of rotatable bonds is 2. The van der Waals surface area contributed by atoms with E-state index >= 15 is 0 Å². The molecule has 0 aliphatic heterocycles. The lowest BCUT2D eigenvalue weighted by Gasteiger charge is -2.04. The van der Waals surface area contributed by atoms with Crippen LogP contribution in [0.2, 0.25) is 0 Å². The molecule has 2 heterocycles. The first kappa shape index (κ1) is 12.5. The van der Waals surface area contributed by atoms with Crippen molar-refractivity contribution in [1.82, 2.24) is 14.5 Å². The minimum absolute atomic E-state index is 0.133. The number of halogens is 1. The van der Waals surface area contributed by atoms with E-state index in [2.05, 4.69) is 9.97 Å². The third kappa shape index (κ3) is 2.09. The van der Waals surface area contributed by atoms with Crippen molar-refractivity contribution in [2.24, 2.45) is 0 Å². The van der Waals surface area contributed by atoms with Gasteiger partial charge in [-0.05, 0) is 26.0 Å². The lowest BCUT2D eigenvalue weighted by molar-refractivity contribution is 0.500. The van der Waals surface area contributed by atoms with Crippen LogP contribution in [0.5, 0.6) is 0 Å². The maximum absolute atomic E-state index is 13.1. The Morgan fingerprint density at radius 1 is 1.35 bits per heavy atom. The third-order valence-corrected chi connectivity index (χ3v) is 3.21. The summed E-state index contributed by atoms with van der Waals surface area (Å²) in [4.78, 5) is 20.4. The summed E-state index contributed by atoms with van der Waals surface area (Å²) >= 11 is 0. The van der Waals surface area contributed by atoms with E-state index in [1.165, 1.54) is 29.1 Å². The standard InChI is InChI=1S/C14H12FN3O2/c1-8-9(2)16-7-18(14(8)19)6-13-17-11-5-10(15)3-4-12(11)20-13/h3-5,7H,6H2,1-2H3. The number of aromatic nitrogens is 3.